The summed E-state index contributed by atoms with van der Waals surface area (Å²) in [5.74, 6) is 0.385. The Kier molecular flexibility index (Phi) is 4.44. The van der Waals surface area contributed by atoms with Crippen LogP contribution in [-0.2, 0) is 16.3 Å². The van der Waals surface area contributed by atoms with Crippen LogP contribution in [-0.4, -0.2) is 53.9 Å². The van der Waals surface area contributed by atoms with Crippen LogP contribution in [0.4, 0.5) is 0 Å². The molecule has 0 aliphatic carbocycles. The molecular weight excluding hydrogens is 332 g/mol. The number of aromatic amines is 1. The van der Waals surface area contributed by atoms with E-state index in [0.29, 0.717) is 36.7 Å². The van der Waals surface area contributed by atoms with Gasteiger partial charge < -0.3 is 9.42 Å². The second kappa shape index (κ2) is 6.39. The summed E-state index contributed by atoms with van der Waals surface area (Å²) in [7, 11) is -3.35. The van der Waals surface area contributed by atoms with Crippen molar-refractivity contribution in [1.29, 1.82) is 0 Å². The smallest absolute Gasteiger partial charge is 0.276 e. The van der Waals surface area contributed by atoms with Gasteiger partial charge in [0.15, 0.2) is 15.5 Å². The second-order valence-corrected chi connectivity index (χ2v) is 8.03. The second-order valence-electron chi connectivity index (χ2n) is 6.04. The molecule has 0 bridgehead atoms. The summed E-state index contributed by atoms with van der Waals surface area (Å²) in [4.78, 5) is 14.5. The molecule has 24 heavy (non-hydrogen) atoms. The molecule has 1 atom stereocenters. The van der Waals surface area contributed by atoms with Gasteiger partial charge in [0.1, 0.15) is 10.7 Å². The van der Waals surface area contributed by atoms with Crippen LogP contribution >= 0.6 is 0 Å². The molecule has 0 spiro atoms. The van der Waals surface area contributed by atoms with Crippen LogP contribution in [0.3, 0.4) is 0 Å². The van der Waals surface area contributed by atoms with Gasteiger partial charge in [-0.25, -0.2) is 8.42 Å². The van der Waals surface area contributed by atoms with E-state index in [1.165, 1.54) is 6.20 Å². The Morgan fingerprint density at radius 2 is 2.29 bits per heavy atom. The van der Waals surface area contributed by atoms with Gasteiger partial charge in [-0.05, 0) is 12.8 Å². The average Bonchev–Trinajstić information content (AvgIpc) is 3.23. The van der Waals surface area contributed by atoms with E-state index in [1.807, 2.05) is 6.92 Å². The van der Waals surface area contributed by atoms with E-state index in [2.05, 4.69) is 15.4 Å². The normalized spacial score (nSPS) is 18.8. The standard InChI is InChI=1S/C15H20N4O4S/c1-3-11-7-12(18-23-11)15(20)19-6-4-5-10(9-19)14-13(8-16-17-14)24(2,21)22/h7-8,10H,3-6,9H2,1-2H3,(H,16,17)/t10-/m0/s1. The summed E-state index contributed by atoms with van der Waals surface area (Å²) in [6, 6.07) is 1.66. The first kappa shape index (κ1) is 16.7. The number of H-pyrrole nitrogens is 1. The van der Waals surface area contributed by atoms with E-state index >= 15 is 0 Å². The lowest BCUT2D eigenvalue weighted by molar-refractivity contribution is 0.0694. The fourth-order valence-corrected chi connectivity index (χ4v) is 3.87. The third kappa shape index (κ3) is 3.21. The molecular formula is C15H20N4O4S. The minimum atomic E-state index is -3.35. The third-order valence-corrected chi connectivity index (χ3v) is 5.40. The highest BCUT2D eigenvalue weighted by Crippen LogP contribution is 2.30. The number of rotatable bonds is 4. The number of nitrogens with one attached hydrogen (secondary N) is 1. The molecule has 9 heteroatoms. The summed E-state index contributed by atoms with van der Waals surface area (Å²) in [5, 5.41) is 10.5. The zero-order chi connectivity index (χ0) is 17.3. The molecule has 130 valence electrons. The zero-order valence-electron chi connectivity index (χ0n) is 13.7. The predicted molar refractivity (Wildman–Crippen MR) is 85.5 cm³/mol. The average molecular weight is 352 g/mol. The summed E-state index contributed by atoms with van der Waals surface area (Å²) in [6.07, 6.45) is 4.75. The highest BCUT2D eigenvalue weighted by Gasteiger charge is 2.31. The van der Waals surface area contributed by atoms with Gasteiger partial charge in [0.2, 0.25) is 0 Å². The molecule has 0 aromatic carbocycles. The monoisotopic (exact) mass is 352 g/mol. The fourth-order valence-electron chi connectivity index (χ4n) is 3.01. The molecule has 1 aliphatic heterocycles. The number of carbonyl (C=O) groups is 1. The molecule has 3 heterocycles. The molecule has 1 amide bonds. The third-order valence-electron chi connectivity index (χ3n) is 4.28. The number of sulfone groups is 1. The van der Waals surface area contributed by atoms with Crippen LogP contribution in [0.1, 0.15) is 47.6 Å². The highest BCUT2D eigenvalue weighted by molar-refractivity contribution is 7.90. The summed E-state index contributed by atoms with van der Waals surface area (Å²) >= 11 is 0. The van der Waals surface area contributed by atoms with E-state index in [4.69, 9.17) is 4.52 Å². The van der Waals surface area contributed by atoms with Gasteiger partial charge in [0.05, 0.1) is 11.9 Å². The molecule has 1 fully saturated rings. The Hall–Kier alpha value is -2.16. The topological polar surface area (TPSA) is 109 Å². The number of nitrogens with zero attached hydrogens (tertiary/aromatic N) is 3. The maximum atomic E-state index is 12.6. The van der Waals surface area contributed by atoms with Crippen LogP contribution in [0.2, 0.25) is 0 Å². The van der Waals surface area contributed by atoms with Crippen molar-refractivity contribution in [3.8, 4) is 0 Å². The first-order valence-corrected chi connectivity index (χ1v) is 9.77. The van der Waals surface area contributed by atoms with Crippen LogP contribution in [0.15, 0.2) is 21.7 Å². The quantitative estimate of drug-likeness (QED) is 0.890. The Bertz CT molecular complexity index is 839. The highest BCUT2D eigenvalue weighted by atomic mass is 32.2. The molecule has 1 aliphatic rings. The van der Waals surface area contributed by atoms with Crippen molar-refractivity contribution in [1.82, 2.24) is 20.3 Å². The van der Waals surface area contributed by atoms with Crippen LogP contribution in [0.25, 0.3) is 0 Å². The van der Waals surface area contributed by atoms with Gasteiger partial charge >= 0.3 is 0 Å². The van der Waals surface area contributed by atoms with Crippen molar-refractivity contribution >= 4 is 15.7 Å². The van der Waals surface area contributed by atoms with Crippen molar-refractivity contribution in [3.05, 3.63) is 29.4 Å². The molecule has 1 saturated heterocycles. The molecule has 2 aromatic rings. The SMILES string of the molecule is CCc1cc(C(=O)N2CCC[C@H](c3[nH]ncc3S(C)(=O)=O)C2)no1. The Labute approximate surface area is 140 Å². The molecule has 1 N–H and O–H groups in total. The van der Waals surface area contributed by atoms with E-state index in [1.54, 1.807) is 11.0 Å². The van der Waals surface area contributed by atoms with E-state index < -0.39 is 9.84 Å². The lowest BCUT2D eigenvalue weighted by Crippen LogP contribution is -2.39. The molecule has 2 aromatic heterocycles. The fraction of sp³-hybridized carbons (Fsp3) is 0.533. The van der Waals surface area contributed by atoms with Gasteiger partial charge in [-0.3, -0.25) is 9.89 Å². The number of hydrogen-bond donors (Lipinski definition) is 1. The van der Waals surface area contributed by atoms with Gasteiger partial charge in [-0.2, -0.15) is 5.10 Å². The van der Waals surface area contributed by atoms with Crippen molar-refractivity contribution in [2.45, 2.75) is 37.0 Å². The summed E-state index contributed by atoms with van der Waals surface area (Å²) < 4.78 is 28.8. The number of likely N-dealkylation sites (tertiary alicyclic amines) is 1. The molecule has 0 radical (unpaired) electrons. The minimum absolute atomic E-state index is 0.0903. The maximum absolute atomic E-state index is 12.6. The van der Waals surface area contributed by atoms with Gasteiger partial charge in [0.25, 0.3) is 5.91 Å². The van der Waals surface area contributed by atoms with Crippen LogP contribution in [0.5, 0.6) is 0 Å². The van der Waals surface area contributed by atoms with E-state index in [0.717, 1.165) is 19.1 Å². The van der Waals surface area contributed by atoms with Crippen LogP contribution in [0, 0.1) is 0 Å². The van der Waals surface area contributed by atoms with Crippen molar-refractivity contribution in [2.75, 3.05) is 19.3 Å². The largest absolute Gasteiger partial charge is 0.361 e. The van der Waals surface area contributed by atoms with Gasteiger partial charge in [0, 0.05) is 37.8 Å². The number of aromatic nitrogens is 3. The first-order valence-electron chi connectivity index (χ1n) is 7.88. The molecule has 3 rings (SSSR count). The lowest BCUT2D eigenvalue weighted by Gasteiger charge is -2.32. The number of hydrogen-bond acceptors (Lipinski definition) is 6. The maximum Gasteiger partial charge on any atom is 0.276 e. The number of carbonyl (C=O) groups excluding carboxylic acids is 1. The molecule has 0 saturated carbocycles. The Morgan fingerprint density at radius 3 is 2.96 bits per heavy atom. The minimum Gasteiger partial charge on any atom is -0.361 e. The lowest BCUT2D eigenvalue weighted by atomic mass is 9.94. The van der Waals surface area contributed by atoms with Crippen LogP contribution < -0.4 is 0 Å². The van der Waals surface area contributed by atoms with Gasteiger partial charge in [-0.1, -0.05) is 12.1 Å². The van der Waals surface area contributed by atoms with E-state index in [9.17, 15) is 13.2 Å². The number of piperidine rings is 1. The summed E-state index contributed by atoms with van der Waals surface area (Å²) in [5.41, 5.74) is 0.866. The Morgan fingerprint density at radius 1 is 1.50 bits per heavy atom. The predicted octanol–water partition coefficient (Wildman–Crippen LogP) is 1.38. The van der Waals surface area contributed by atoms with Crippen molar-refractivity contribution in [2.24, 2.45) is 0 Å². The van der Waals surface area contributed by atoms with Crippen molar-refractivity contribution in [3.63, 3.8) is 0 Å². The summed E-state index contributed by atoms with van der Waals surface area (Å²) in [6.45, 7) is 2.97. The zero-order valence-corrected chi connectivity index (χ0v) is 14.5. The van der Waals surface area contributed by atoms with E-state index in [-0.39, 0.29) is 16.7 Å². The number of amides is 1. The van der Waals surface area contributed by atoms with Gasteiger partial charge in [-0.15, -0.1) is 0 Å². The molecule has 0 unspecified atom stereocenters. The van der Waals surface area contributed by atoms with Crippen molar-refractivity contribution < 1.29 is 17.7 Å². The first-order chi connectivity index (χ1) is 11.4. The number of aryl methyl sites for hydroxylation is 1. The molecule has 8 nitrogen and oxygen atoms in total. The Balaban J connectivity index is 1.80.